The van der Waals surface area contributed by atoms with Gasteiger partial charge in [0.15, 0.2) is 6.54 Å². The Hall–Kier alpha value is -2.44. The van der Waals surface area contributed by atoms with Gasteiger partial charge in [0.1, 0.15) is 44.3 Å². The minimum Gasteiger partial charge on any atom is -0.496 e. The zero-order chi connectivity index (χ0) is 21.5. The van der Waals surface area contributed by atoms with Crippen LogP contribution in [-0.4, -0.2) is 45.7 Å². The summed E-state index contributed by atoms with van der Waals surface area (Å²) >= 11 is 0. The third kappa shape index (κ3) is 5.80. The summed E-state index contributed by atoms with van der Waals surface area (Å²) in [6.45, 7) is 9.31. The molecule has 0 aliphatic carbocycles. The second-order valence-electron chi connectivity index (χ2n) is 8.25. The summed E-state index contributed by atoms with van der Waals surface area (Å²) in [6.07, 6.45) is 1.04. The number of quaternary nitrogens is 2. The molecule has 1 fully saturated rings. The Bertz CT molecular complexity index is 850. The number of hydrogen-bond acceptors (Lipinski definition) is 2. The van der Waals surface area contributed by atoms with Gasteiger partial charge in [-0.15, -0.1) is 0 Å². The second kappa shape index (κ2) is 10.5. The van der Waals surface area contributed by atoms with Crippen LogP contribution in [0.2, 0.25) is 0 Å². The van der Waals surface area contributed by atoms with Gasteiger partial charge in [-0.05, 0) is 42.2 Å². The summed E-state index contributed by atoms with van der Waals surface area (Å²) < 4.78 is 19.0. The molecule has 0 radical (unpaired) electrons. The van der Waals surface area contributed by atoms with Crippen molar-refractivity contribution >= 4 is 11.6 Å². The van der Waals surface area contributed by atoms with E-state index in [9.17, 15) is 9.18 Å². The van der Waals surface area contributed by atoms with Crippen molar-refractivity contribution in [2.45, 2.75) is 32.7 Å². The third-order valence-electron chi connectivity index (χ3n) is 6.14. The van der Waals surface area contributed by atoms with Crippen molar-refractivity contribution in [1.82, 2.24) is 0 Å². The van der Waals surface area contributed by atoms with E-state index in [1.54, 1.807) is 19.2 Å². The molecule has 1 aliphatic rings. The van der Waals surface area contributed by atoms with E-state index >= 15 is 0 Å². The van der Waals surface area contributed by atoms with Crippen LogP contribution >= 0.6 is 0 Å². The van der Waals surface area contributed by atoms with E-state index in [0.717, 1.165) is 56.1 Å². The zero-order valence-corrected chi connectivity index (χ0v) is 18.3. The van der Waals surface area contributed by atoms with Crippen LogP contribution in [0.3, 0.4) is 0 Å². The van der Waals surface area contributed by atoms with E-state index in [2.05, 4.69) is 25.2 Å². The van der Waals surface area contributed by atoms with Crippen LogP contribution in [0.25, 0.3) is 0 Å². The van der Waals surface area contributed by atoms with Crippen LogP contribution in [0, 0.1) is 5.82 Å². The molecule has 5 nitrogen and oxygen atoms in total. The molecule has 0 bridgehead atoms. The highest BCUT2D eigenvalue weighted by molar-refractivity contribution is 5.92. The Balaban J connectivity index is 1.51. The predicted octanol–water partition coefficient (Wildman–Crippen LogP) is 1.27. The van der Waals surface area contributed by atoms with E-state index in [1.807, 2.05) is 18.2 Å². The SMILES string of the molecule is CC[C@@H](C)c1ccccc1NC(=O)C[NH+]1CC[NH+](Cc2cc(F)ccc2OC)CC1. The quantitative estimate of drug-likeness (QED) is 0.608. The van der Waals surface area contributed by atoms with Crippen molar-refractivity contribution in [2.75, 3.05) is 45.2 Å². The number of benzene rings is 2. The van der Waals surface area contributed by atoms with Crippen LogP contribution in [0.1, 0.15) is 37.3 Å². The number of halogens is 1. The average Bonchev–Trinajstić information content (AvgIpc) is 2.75. The van der Waals surface area contributed by atoms with Crippen molar-refractivity contribution in [3.05, 3.63) is 59.4 Å². The lowest BCUT2D eigenvalue weighted by molar-refractivity contribution is -1.02. The number of piperazine rings is 1. The number of carbonyl (C=O) groups excluding carboxylic acids is 1. The largest absolute Gasteiger partial charge is 0.496 e. The molecule has 162 valence electrons. The Morgan fingerprint density at radius 3 is 2.53 bits per heavy atom. The van der Waals surface area contributed by atoms with E-state index in [0.29, 0.717) is 12.5 Å². The second-order valence-corrected chi connectivity index (χ2v) is 8.25. The van der Waals surface area contributed by atoms with Gasteiger partial charge in [0.25, 0.3) is 5.91 Å². The summed E-state index contributed by atoms with van der Waals surface area (Å²) in [5.41, 5.74) is 3.02. The molecule has 1 saturated heterocycles. The van der Waals surface area contributed by atoms with Gasteiger partial charge in [-0.2, -0.15) is 0 Å². The number of amides is 1. The fraction of sp³-hybridized carbons (Fsp3) is 0.458. The molecular weight excluding hydrogens is 381 g/mol. The number of hydrogen-bond donors (Lipinski definition) is 3. The zero-order valence-electron chi connectivity index (χ0n) is 18.3. The Labute approximate surface area is 178 Å². The van der Waals surface area contributed by atoms with Crippen LogP contribution < -0.4 is 19.9 Å². The monoisotopic (exact) mass is 415 g/mol. The maximum Gasteiger partial charge on any atom is 0.279 e. The van der Waals surface area contributed by atoms with Crippen molar-refractivity contribution in [1.29, 1.82) is 0 Å². The van der Waals surface area contributed by atoms with E-state index in [-0.39, 0.29) is 11.7 Å². The molecule has 1 aliphatic heterocycles. The maximum atomic E-state index is 13.6. The maximum absolute atomic E-state index is 13.6. The minimum atomic E-state index is -0.233. The molecule has 0 spiro atoms. The number of anilines is 1. The lowest BCUT2D eigenvalue weighted by atomic mass is 9.97. The highest BCUT2D eigenvalue weighted by Gasteiger charge is 2.26. The Kier molecular flexibility index (Phi) is 7.82. The number of carbonyl (C=O) groups is 1. The van der Waals surface area contributed by atoms with Crippen LogP contribution in [0.15, 0.2) is 42.5 Å². The first-order valence-corrected chi connectivity index (χ1v) is 10.9. The highest BCUT2D eigenvalue weighted by atomic mass is 19.1. The molecule has 2 aromatic rings. The smallest absolute Gasteiger partial charge is 0.279 e. The van der Waals surface area contributed by atoms with Gasteiger partial charge in [-0.3, -0.25) is 4.79 Å². The molecule has 6 heteroatoms. The average molecular weight is 416 g/mol. The Morgan fingerprint density at radius 1 is 1.13 bits per heavy atom. The molecule has 30 heavy (non-hydrogen) atoms. The molecule has 0 unspecified atom stereocenters. The van der Waals surface area contributed by atoms with E-state index in [4.69, 9.17) is 4.74 Å². The van der Waals surface area contributed by atoms with Gasteiger partial charge < -0.3 is 19.9 Å². The molecular formula is C24H34FN3O2+2. The first-order valence-electron chi connectivity index (χ1n) is 10.9. The molecule has 1 atom stereocenters. The number of para-hydroxylation sites is 1. The lowest BCUT2D eigenvalue weighted by Gasteiger charge is -2.29. The topological polar surface area (TPSA) is 47.2 Å². The molecule has 3 N–H and O–H groups in total. The summed E-state index contributed by atoms with van der Waals surface area (Å²) in [7, 11) is 1.62. The summed E-state index contributed by atoms with van der Waals surface area (Å²) in [4.78, 5) is 15.3. The Morgan fingerprint density at radius 2 is 1.83 bits per heavy atom. The molecule has 1 amide bonds. The fourth-order valence-electron chi connectivity index (χ4n) is 4.15. The van der Waals surface area contributed by atoms with Gasteiger partial charge in [0, 0.05) is 5.69 Å². The summed E-state index contributed by atoms with van der Waals surface area (Å²) in [5.74, 6) is 0.985. The van der Waals surface area contributed by atoms with Gasteiger partial charge in [-0.1, -0.05) is 32.0 Å². The van der Waals surface area contributed by atoms with Crippen LogP contribution in [0.4, 0.5) is 10.1 Å². The molecule has 0 aromatic heterocycles. The first-order chi connectivity index (χ1) is 14.5. The highest BCUT2D eigenvalue weighted by Crippen LogP contribution is 2.26. The van der Waals surface area contributed by atoms with Crippen molar-refractivity contribution in [3.63, 3.8) is 0 Å². The molecule has 3 rings (SSSR count). The number of methoxy groups -OCH3 is 1. The predicted molar refractivity (Wildman–Crippen MR) is 117 cm³/mol. The van der Waals surface area contributed by atoms with E-state index in [1.165, 1.54) is 21.4 Å². The summed E-state index contributed by atoms with van der Waals surface area (Å²) in [5, 5.41) is 3.12. The molecule has 2 aromatic carbocycles. The standard InChI is InChI=1S/C24H32FN3O2/c1-4-18(2)21-7-5-6-8-22(21)26-24(29)17-28-13-11-27(12-14-28)16-19-15-20(25)9-10-23(19)30-3/h5-10,15,18H,4,11-14,16-17H2,1-3H3,(H,26,29)/p+2/t18-/m1/s1. The molecule has 1 heterocycles. The fourth-order valence-corrected chi connectivity index (χ4v) is 4.15. The van der Waals surface area contributed by atoms with Gasteiger partial charge >= 0.3 is 0 Å². The van der Waals surface area contributed by atoms with Crippen molar-refractivity contribution in [2.24, 2.45) is 0 Å². The van der Waals surface area contributed by atoms with Crippen LogP contribution in [-0.2, 0) is 11.3 Å². The number of rotatable bonds is 8. The molecule has 0 saturated carbocycles. The third-order valence-corrected chi connectivity index (χ3v) is 6.14. The number of nitrogens with one attached hydrogen (secondary N) is 3. The normalized spacial score (nSPS) is 19.9. The number of ether oxygens (including phenoxy) is 1. The summed E-state index contributed by atoms with van der Waals surface area (Å²) in [6, 6.07) is 12.8. The van der Waals surface area contributed by atoms with Gasteiger partial charge in [-0.25, -0.2) is 4.39 Å². The van der Waals surface area contributed by atoms with Gasteiger partial charge in [0.2, 0.25) is 0 Å². The lowest BCUT2D eigenvalue weighted by Crippen LogP contribution is -3.28. The minimum absolute atomic E-state index is 0.0657. The van der Waals surface area contributed by atoms with Gasteiger partial charge in [0.05, 0.1) is 12.7 Å². The van der Waals surface area contributed by atoms with Crippen molar-refractivity contribution in [3.8, 4) is 5.75 Å². The van der Waals surface area contributed by atoms with Crippen LogP contribution in [0.5, 0.6) is 5.75 Å². The van der Waals surface area contributed by atoms with E-state index < -0.39 is 0 Å². The first kappa shape index (κ1) is 22.2. The van der Waals surface area contributed by atoms with Crippen molar-refractivity contribution < 1.29 is 23.7 Å².